The van der Waals surface area contributed by atoms with E-state index in [1.54, 1.807) is 35.6 Å². The van der Waals surface area contributed by atoms with E-state index in [-0.39, 0.29) is 37.1 Å². The molecule has 0 N–H and O–H groups in total. The number of amides is 2. The molecule has 1 aromatic heterocycles. The molecule has 2 aliphatic rings. The lowest BCUT2D eigenvalue weighted by Crippen LogP contribution is -2.49. The highest BCUT2D eigenvalue weighted by molar-refractivity contribution is 7.10. The van der Waals surface area contributed by atoms with Gasteiger partial charge in [-0.1, -0.05) is 11.6 Å². The lowest BCUT2D eigenvalue weighted by molar-refractivity contribution is -0.135. The number of fused-ring (bicyclic) bond motifs is 1. The zero-order valence-corrected chi connectivity index (χ0v) is 21.8. The molecule has 1 saturated heterocycles. The smallest absolute Gasteiger partial charge is 0.254 e. The second-order valence-electron chi connectivity index (χ2n) is 9.24. The Balaban J connectivity index is 1.34. The Hall–Kier alpha value is -2.94. The third-order valence-corrected chi connectivity index (χ3v) is 8.04. The molecule has 6 nitrogen and oxygen atoms in total. The molecular weight excluding hydrogens is 515 g/mol. The number of hydrogen-bond donors (Lipinski definition) is 0. The number of rotatable bonds is 8. The maximum atomic E-state index is 13.7. The average molecular weight is 543 g/mol. The highest BCUT2D eigenvalue weighted by Crippen LogP contribution is 2.34. The van der Waals surface area contributed by atoms with Crippen molar-refractivity contribution in [3.8, 4) is 5.75 Å². The fourth-order valence-electron chi connectivity index (χ4n) is 4.86. The Kier molecular flexibility index (Phi) is 8.08. The third-order valence-electron chi connectivity index (χ3n) is 6.79. The Morgan fingerprint density at radius 2 is 1.92 bits per heavy atom. The summed E-state index contributed by atoms with van der Waals surface area (Å²) in [5.74, 6) is -0.214. The number of carbonyl (C=O) groups is 2. The van der Waals surface area contributed by atoms with Crippen molar-refractivity contribution in [1.82, 2.24) is 9.80 Å². The molecule has 1 fully saturated rings. The van der Waals surface area contributed by atoms with Crippen molar-refractivity contribution < 1.29 is 23.5 Å². The van der Waals surface area contributed by atoms with Gasteiger partial charge in [0.2, 0.25) is 5.91 Å². The number of nitrogens with zero attached hydrogens (tertiary/aromatic N) is 2. The lowest BCUT2D eigenvalue weighted by Gasteiger charge is -2.37. The molecule has 3 heterocycles. The standard InChI is InChI=1S/C28H28ClFN2O4S/c29-20-5-9-22(10-6-20)36-18-25-24-12-15-37-26(24)11-13-32(25)27(33)17-31(16-23-2-1-14-35-23)28(34)19-3-7-21(30)8-4-19/h3-10,12,15,23,25H,1-2,11,13-14,16-18H2/t23-,25+/m1/s1. The SMILES string of the molecule is O=C(c1ccc(F)cc1)N(CC(=O)N1CCc2sccc2[C@@H]1COc1ccc(Cl)cc1)C[C@H]1CCCO1. The van der Waals surface area contributed by atoms with Gasteiger partial charge in [0.25, 0.3) is 5.91 Å². The first-order chi connectivity index (χ1) is 18.0. The Labute approximate surface area is 224 Å². The quantitative estimate of drug-likeness (QED) is 0.384. The van der Waals surface area contributed by atoms with Crippen LogP contribution in [0.5, 0.6) is 5.75 Å². The molecule has 0 unspecified atom stereocenters. The monoisotopic (exact) mass is 542 g/mol. The molecule has 5 rings (SSSR count). The summed E-state index contributed by atoms with van der Waals surface area (Å²) in [7, 11) is 0. The van der Waals surface area contributed by atoms with Crippen molar-refractivity contribution in [2.75, 3.05) is 32.8 Å². The van der Waals surface area contributed by atoms with Gasteiger partial charge in [0.15, 0.2) is 0 Å². The van der Waals surface area contributed by atoms with Crippen LogP contribution in [0, 0.1) is 5.82 Å². The van der Waals surface area contributed by atoms with Gasteiger partial charge < -0.3 is 19.3 Å². The van der Waals surface area contributed by atoms with E-state index in [9.17, 15) is 14.0 Å². The first kappa shape index (κ1) is 25.7. The summed E-state index contributed by atoms with van der Waals surface area (Å²) in [5.41, 5.74) is 1.42. The van der Waals surface area contributed by atoms with Crippen LogP contribution in [0.2, 0.25) is 5.02 Å². The van der Waals surface area contributed by atoms with Crippen molar-refractivity contribution in [1.29, 1.82) is 0 Å². The molecule has 2 aromatic carbocycles. The van der Waals surface area contributed by atoms with E-state index in [1.165, 1.54) is 34.0 Å². The minimum atomic E-state index is -0.415. The minimum absolute atomic E-state index is 0.0903. The first-order valence-corrected chi connectivity index (χ1v) is 13.6. The van der Waals surface area contributed by atoms with Gasteiger partial charge in [-0.25, -0.2) is 4.39 Å². The second kappa shape index (κ2) is 11.6. The highest BCUT2D eigenvalue weighted by atomic mass is 35.5. The van der Waals surface area contributed by atoms with E-state index in [2.05, 4.69) is 0 Å². The summed E-state index contributed by atoms with van der Waals surface area (Å²) in [6.45, 7) is 1.70. The molecule has 37 heavy (non-hydrogen) atoms. The number of hydrogen-bond acceptors (Lipinski definition) is 5. The lowest BCUT2D eigenvalue weighted by atomic mass is 10.00. The molecule has 2 amide bonds. The summed E-state index contributed by atoms with van der Waals surface area (Å²) >= 11 is 7.68. The molecule has 2 aliphatic heterocycles. The maximum Gasteiger partial charge on any atom is 0.254 e. The van der Waals surface area contributed by atoms with Crippen LogP contribution in [0.4, 0.5) is 4.39 Å². The van der Waals surface area contributed by atoms with Crippen LogP contribution in [0.25, 0.3) is 0 Å². The van der Waals surface area contributed by atoms with Crippen LogP contribution in [-0.2, 0) is 16.0 Å². The van der Waals surface area contributed by atoms with Crippen molar-refractivity contribution >= 4 is 34.8 Å². The van der Waals surface area contributed by atoms with E-state index >= 15 is 0 Å². The Morgan fingerprint density at radius 3 is 2.65 bits per heavy atom. The van der Waals surface area contributed by atoms with Crippen LogP contribution >= 0.6 is 22.9 Å². The van der Waals surface area contributed by atoms with Crippen LogP contribution in [0.15, 0.2) is 60.0 Å². The summed E-state index contributed by atoms with van der Waals surface area (Å²) < 4.78 is 25.3. The summed E-state index contributed by atoms with van der Waals surface area (Å²) in [6, 6.07) is 14.3. The van der Waals surface area contributed by atoms with Gasteiger partial charge in [-0.15, -0.1) is 11.3 Å². The van der Waals surface area contributed by atoms with Crippen molar-refractivity contribution in [3.63, 3.8) is 0 Å². The topological polar surface area (TPSA) is 59.1 Å². The van der Waals surface area contributed by atoms with Crippen molar-refractivity contribution in [2.24, 2.45) is 0 Å². The Bertz CT molecular complexity index is 1230. The fourth-order valence-corrected chi connectivity index (χ4v) is 5.92. The van der Waals surface area contributed by atoms with E-state index in [0.717, 1.165) is 24.8 Å². The molecule has 0 saturated carbocycles. The van der Waals surface area contributed by atoms with Gasteiger partial charge in [0.1, 0.15) is 24.7 Å². The molecule has 194 valence electrons. The summed E-state index contributed by atoms with van der Waals surface area (Å²) in [6.07, 6.45) is 2.40. The molecule has 0 aliphatic carbocycles. The predicted molar refractivity (Wildman–Crippen MR) is 141 cm³/mol. The van der Waals surface area contributed by atoms with Gasteiger partial charge in [-0.2, -0.15) is 0 Å². The van der Waals surface area contributed by atoms with Crippen LogP contribution in [0.1, 0.15) is 39.7 Å². The van der Waals surface area contributed by atoms with Crippen LogP contribution in [0.3, 0.4) is 0 Å². The molecule has 3 aromatic rings. The minimum Gasteiger partial charge on any atom is -0.491 e. The van der Waals surface area contributed by atoms with Crippen molar-refractivity contribution in [3.05, 3.63) is 86.8 Å². The van der Waals surface area contributed by atoms with Crippen LogP contribution in [-0.4, -0.2) is 60.6 Å². The van der Waals surface area contributed by atoms with Crippen LogP contribution < -0.4 is 4.74 Å². The van der Waals surface area contributed by atoms with Gasteiger partial charge in [0.05, 0.1) is 12.1 Å². The van der Waals surface area contributed by atoms with E-state index < -0.39 is 5.82 Å². The summed E-state index contributed by atoms with van der Waals surface area (Å²) in [5, 5.41) is 2.66. The van der Waals surface area contributed by atoms with Gasteiger partial charge in [-0.3, -0.25) is 9.59 Å². The number of ether oxygens (including phenoxy) is 2. The first-order valence-electron chi connectivity index (χ1n) is 12.4. The zero-order chi connectivity index (χ0) is 25.8. The van der Waals surface area contributed by atoms with Gasteiger partial charge in [-0.05, 0) is 84.8 Å². The number of benzene rings is 2. The molecule has 9 heteroatoms. The number of halogens is 2. The maximum absolute atomic E-state index is 13.7. The number of thiophene rings is 1. The van der Waals surface area contributed by atoms with E-state index in [4.69, 9.17) is 21.1 Å². The fraction of sp³-hybridized carbons (Fsp3) is 0.357. The molecular formula is C28H28ClFN2O4S. The largest absolute Gasteiger partial charge is 0.491 e. The zero-order valence-electron chi connectivity index (χ0n) is 20.3. The van der Waals surface area contributed by atoms with Gasteiger partial charge >= 0.3 is 0 Å². The van der Waals surface area contributed by atoms with Gasteiger partial charge in [0, 0.05) is 35.2 Å². The third kappa shape index (κ3) is 6.14. The molecule has 0 bridgehead atoms. The van der Waals surface area contributed by atoms with E-state index in [0.29, 0.717) is 36.0 Å². The number of carbonyl (C=O) groups excluding carboxylic acids is 2. The molecule has 0 radical (unpaired) electrons. The second-order valence-corrected chi connectivity index (χ2v) is 10.7. The molecule has 2 atom stereocenters. The normalized spacial score (nSPS) is 18.9. The predicted octanol–water partition coefficient (Wildman–Crippen LogP) is 5.37. The highest BCUT2D eigenvalue weighted by Gasteiger charge is 2.34. The van der Waals surface area contributed by atoms with E-state index in [1.807, 2.05) is 16.3 Å². The Morgan fingerprint density at radius 1 is 1.14 bits per heavy atom. The average Bonchev–Trinajstić information content (AvgIpc) is 3.60. The molecule has 0 spiro atoms. The van der Waals surface area contributed by atoms with Crippen molar-refractivity contribution in [2.45, 2.75) is 31.4 Å². The summed E-state index contributed by atoms with van der Waals surface area (Å²) in [4.78, 5) is 31.7.